The van der Waals surface area contributed by atoms with Gasteiger partial charge in [0.25, 0.3) is 0 Å². The van der Waals surface area contributed by atoms with Crippen molar-refractivity contribution in [1.82, 2.24) is 15.3 Å². The minimum Gasteiger partial charge on any atom is -0.494 e. The molecule has 2 aliphatic rings. The molecule has 4 aromatic rings. The fraction of sp³-hybridized carbons (Fsp3) is 0.355. The number of carbonyl (C=O) groups is 2. The second kappa shape index (κ2) is 11.0. The third-order valence-electron chi connectivity index (χ3n) is 8.52. The number of alkyl halides is 3. The topological polar surface area (TPSA) is 124 Å². The Bertz CT molecular complexity index is 1680. The van der Waals surface area contributed by atoms with Gasteiger partial charge in [0, 0.05) is 23.1 Å². The number of Topliss-reactive ketones (excluding diaryl/α,β-unsaturated/α-hetero) is 1. The molecule has 0 radical (unpaired) electrons. The zero-order chi connectivity index (χ0) is 30.4. The lowest BCUT2D eigenvalue weighted by molar-refractivity contribution is -0.141. The van der Waals surface area contributed by atoms with Crippen LogP contribution < -0.4 is 20.7 Å². The normalized spacial score (nSPS) is 20.5. The van der Waals surface area contributed by atoms with Crippen molar-refractivity contribution >= 4 is 28.3 Å². The van der Waals surface area contributed by atoms with E-state index < -0.39 is 17.4 Å². The Morgan fingerprint density at radius 2 is 1.86 bits per heavy atom. The molecular weight excluding hydrogens is 563 g/mol. The van der Waals surface area contributed by atoms with Gasteiger partial charge in [-0.05, 0) is 68.0 Å². The molecule has 0 unspecified atom stereocenters. The minimum atomic E-state index is -4.63. The number of benzene rings is 2. The number of oxazole rings is 1. The Kier molecular flexibility index (Phi) is 7.33. The number of carbonyl (C=O) groups excluding carboxylic acids is 2. The molecule has 9 nitrogen and oxygen atoms in total. The fourth-order valence-electron chi connectivity index (χ4n) is 6.28. The predicted molar refractivity (Wildman–Crippen MR) is 152 cm³/mol. The van der Waals surface area contributed by atoms with Crippen molar-refractivity contribution < 1.29 is 31.9 Å². The summed E-state index contributed by atoms with van der Waals surface area (Å²) in [6.07, 6.45) is -1.83. The number of halogens is 3. The van der Waals surface area contributed by atoms with E-state index in [1.165, 1.54) is 19.2 Å². The van der Waals surface area contributed by atoms with Crippen molar-refractivity contribution in [2.45, 2.75) is 50.4 Å². The van der Waals surface area contributed by atoms with Gasteiger partial charge in [0.15, 0.2) is 5.78 Å². The summed E-state index contributed by atoms with van der Waals surface area (Å²) in [5.41, 5.74) is 5.65. The van der Waals surface area contributed by atoms with Crippen molar-refractivity contribution in [3.8, 4) is 17.2 Å². The fourth-order valence-corrected chi connectivity index (χ4v) is 6.28. The highest BCUT2D eigenvalue weighted by molar-refractivity contribution is 5.99. The SMILES string of the molecule is COc1ccc(-c2nc(C(=O)CC3CCC4(CC3)C(=O)NCN4c3ccccc3)c(CN)o2)c2ccc(C(F)(F)F)nc12. The second-order valence-corrected chi connectivity index (χ2v) is 10.9. The highest BCUT2D eigenvalue weighted by Crippen LogP contribution is 2.43. The van der Waals surface area contributed by atoms with E-state index in [1.807, 2.05) is 30.3 Å². The zero-order valence-electron chi connectivity index (χ0n) is 23.4. The van der Waals surface area contributed by atoms with Crippen LogP contribution in [0.25, 0.3) is 22.4 Å². The number of methoxy groups -OCH3 is 1. The van der Waals surface area contributed by atoms with Crippen molar-refractivity contribution in [3.05, 3.63) is 71.7 Å². The zero-order valence-corrected chi connectivity index (χ0v) is 23.4. The molecule has 2 aromatic carbocycles. The van der Waals surface area contributed by atoms with Gasteiger partial charge in [0.05, 0.1) is 20.3 Å². The van der Waals surface area contributed by atoms with E-state index in [2.05, 4.69) is 20.2 Å². The molecule has 1 saturated heterocycles. The number of hydrogen-bond acceptors (Lipinski definition) is 8. The molecule has 1 spiro atoms. The highest BCUT2D eigenvalue weighted by Gasteiger charge is 2.50. The first-order valence-corrected chi connectivity index (χ1v) is 14.0. The Morgan fingerprint density at radius 1 is 1.12 bits per heavy atom. The third kappa shape index (κ3) is 5.09. The molecule has 6 rings (SSSR count). The highest BCUT2D eigenvalue weighted by atomic mass is 19.4. The number of para-hydroxylation sites is 1. The quantitative estimate of drug-likeness (QED) is 0.271. The van der Waals surface area contributed by atoms with Crippen LogP contribution in [-0.2, 0) is 17.5 Å². The maximum absolute atomic E-state index is 13.5. The van der Waals surface area contributed by atoms with Crippen molar-refractivity contribution in [2.75, 3.05) is 18.7 Å². The van der Waals surface area contributed by atoms with Gasteiger partial charge in [0.2, 0.25) is 11.8 Å². The molecule has 1 saturated carbocycles. The summed E-state index contributed by atoms with van der Waals surface area (Å²) >= 11 is 0. The number of amides is 1. The standard InChI is InChI=1S/C31H30F3N5O4/c1-42-23-9-7-21(20-8-10-25(31(32,33)34)37-26(20)23)28-38-27(24(16-35)43-28)22(40)15-18-11-13-30(14-12-18)29(41)36-17-39(30)19-5-3-2-4-6-19/h2-10,18H,11-17,35H2,1H3,(H,36,41). The van der Waals surface area contributed by atoms with Gasteiger partial charge in [-0.3, -0.25) is 9.59 Å². The molecule has 43 heavy (non-hydrogen) atoms. The van der Waals surface area contributed by atoms with E-state index in [9.17, 15) is 22.8 Å². The van der Waals surface area contributed by atoms with Crippen molar-refractivity contribution in [2.24, 2.45) is 11.7 Å². The average molecular weight is 594 g/mol. The van der Waals surface area contributed by atoms with Crippen LogP contribution in [0.4, 0.5) is 18.9 Å². The van der Waals surface area contributed by atoms with E-state index >= 15 is 0 Å². The van der Waals surface area contributed by atoms with E-state index in [0.717, 1.165) is 11.8 Å². The molecule has 2 fully saturated rings. The number of ketones is 1. The number of aromatic nitrogens is 2. The van der Waals surface area contributed by atoms with E-state index in [1.54, 1.807) is 6.07 Å². The molecule has 224 valence electrons. The van der Waals surface area contributed by atoms with Crippen LogP contribution in [-0.4, -0.2) is 41.0 Å². The predicted octanol–water partition coefficient (Wildman–Crippen LogP) is 5.47. The van der Waals surface area contributed by atoms with Crippen LogP contribution >= 0.6 is 0 Å². The molecule has 1 aliphatic carbocycles. The first-order chi connectivity index (χ1) is 20.6. The molecule has 1 amide bonds. The number of nitrogens with one attached hydrogen (secondary N) is 1. The number of fused-ring (bicyclic) bond motifs is 1. The van der Waals surface area contributed by atoms with Crippen LogP contribution in [0.1, 0.15) is 54.0 Å². The van der Waals surface area contributed by atoms with Gasteiger partial charge >= 0.3 is 6.18 Å². The van der Waals surface area contributed by atoms with E-state index in [0.29, 0.717) is 43.3 Å². The summed E-state index contributed by atoms with van der Waals surface area (Å²) in [4.78, 5) is 36.8. The van der Waals surface area contributed by atoms with Crippen LogP contribution in [0.2, 0.25) is 0 Å². The van der Waals surface area contributed by atoms with Gasteiger partial charge in [-0.1, -0.05) is 18.2 Å². The largest absolute Gasteiger partial charge is 0.494 e. The number of pyridine rings is 1. The summed E-state index contributed by atoms with van der Waals surface area (Å²) < 4.78 is 51.2. The van der Waals surface area contributed by atoms with E-state index in [-0.39, 0.29) is 59.2 Å². The minimum absolute atomic E-state index is 0.00756. The molecular formula is C31H30F3N5O4. The first-order valence-electron chi connectivity index (χ1n) is 14.0. The number of hydrogen-bond donors (Lipinski definition) is 2. The summed E-state index contributed by atoms with van der Waals surface area (Å²) in [6.45, 7) is 0.361. The van der Waals surface area contributed by atoms with Crippen LogP contribution in [0, 0.1) is 5.92 Å². The monoisotopic (exact) mass is 593 g/mol. The molecule has 12 heteroatoms. The first kappa shape index (κ1) is 28.7. The summed E-state index contributed by atoms with van der Waals surface area (Å²) in [7, 11) is 1.34. The average Bonchev–Trinajstić information content (AvgIpc) is 3.58. The second-order valence-electron chi connectivity index (χ2n) is 10.9. The number of rotatable bonds is 7. The lowest BCUT2D eigenvalue weighted by atomic mass is 9.74. The number of nitrogens with two attached hydrogens (primary N) is 1. The molecule has 1 aliphatic heterocycles. The molecule has 0 bridgehead atoms. The van der Waals surface area contributed by atoms with Crippen LogP contribution in [0.3, 0.4) is 0 Å². The number of anilines is 1. The lowest BCUT2D eigenvalue weighted by Gasteiger charge is -2.42. The lowest BCUT2D eigenvalue weighted by Crippen LogP contribution is -2.51. The van der Waals surface area contributed by atoms with Crippen LogP contribution in [0.5, 0.6) is 5.75 Å². The van der Waals surface area contributed by atoms with Crippen LogP contribution in [0.15, 0.2) is 59.0 Å². The maximum atomic E-state index is 13.5. The van der Waals surface area contributed by atoms with Gasteiger partial charge in [-0.2, -0.15) is 13.2 Å². The smallest absolute Gasteiger partial charge is 0.433 e. The Labute approximate surface area is 245 Å². The Hall–Kier alpha value is -4.45. The molecule has 0 atom stereocenters. The summed E-state index contributed by atoms with van der Waals surface area (Å²) in [6, 6.07) is 15.1. The van der Waals surface area contributed by atoms with Gasteiger partial charge in [-0.15, -0.1) is 0 Å². The van der Waals surface area contributed by atoms with E-state index in [4.69, 9.17) is 14.9 Å². The van der Waals surface area contributed by atoms with Gasteiger partial charge in [-0.25, -0.2) is 9.97 Å². The number of ether oxygens (including phenoxy) is 1. The van der Waals surface area contributed by atoms with Gasteiger partial charge in [0.1, 0.15) is 34.0 Å². The summed E-state index contributed by atoms with van der Waals surface area (Å²) in [5, 5.41) is 3.31. The third-order valence-corrected chi connectivity index (χ3v) is 8.52. The number of nitrogens with zero attached hydrogens (tertiary/aromatic N) is 3. The van der Waals surface area contributed by atoms with Crippen molar-refractivity contribution in [1.29, 1.82) is 0 Å². The molecule has 3 heterocycles. The Balaban J connectivity index is 1.23. The maximum Gasteiger partial charge on any atom is 0.433 e. The Morgan fingerprint density at radius 3 is 2.53 bits per heavy atom. The van der Waals surface area contributed by atoms with Crippen molar-refractivity contribution in [3.63, 3.8) is 0 Å². The summed E-state index contributed by atoms with van der Waals surface area (Å²) in [5.74, 6) is 0.229. The van der Waals surface area contributed by atoms with Gasteiger partial charge < -0.3 is 25.1 Å². The molecule has 2 aromatic heterocycles. The molecule has 3 N–H and O–H groups in total.